The Morgan fingerprint density at radius 1 is 1.46 bits per heavy atom. The quantitative estimate of drug-likeness (QED) is 0.524. The smallest absolute Gasteiger partial charge is 0.423 e. The Kier molecular flexibility index (Phi) is 3.28. The van der Waals surface area contributed by atoms with Gasteiger partial charge in [-0.25, -0.2) is 0 Å². The summed E-state index contributed by atoms with van der Waals surface area (Å²) >= 11 is 0. The maximum absolute atomic E-state index is 11.0. The van der Waals surface area contributed by atoms with Crippen molar-refractivity contribution < 1.29 is 10.0 Å². The van der Waals surface area contributed by atoms with Crippen molar-refractivity contribution in [3.05, 3.63) is 28.2 Å². The minimum atomic E-state index is -1.57. The van der Waals surface area contributed by atoms with Crippen LogP contribution >= 0.6 is 0 Å². The van der Waals surface area contributed by atoms with Crippen LogP contribution in [0.1, 0.15) is 19.0 Å². The van der Waals surface area contributed by atoms with Gasteiger partial charge in [-0.05, 0) is 17.9 Å². The predicted molar refractivity (Wildman–Crippen MR) is 50.9 cm³/mol. The lowest BCUT2D eigenvalue weighted by Gasteiger charge is -2.02. The highest BCUT2D eigenvalue weighted by atomic mass is 16.4. The molecule has 0 atom stereocenters. The van der Waals surface area contributed by atoms with Crippen molar-refractivity contribution in [2.45, 2.75) is 19.8 Å². The molecule has 0 amide bonds. The van der Waals surface area contributed by atoms with Gasteiger partial charge in [0.15, 0.2) is 0 Å². The second-order valence-electron chi connectivity index (χ2n) is 2.93. The van der Waals surface area contributed by atoms with E-state index < -0.39 is 7.12 Å². The first-order valence-corrected chi connectivity index (χ1v) is 4.22. The van der Waals surface area contributed by atoms with E-state index in [1.54, 1.807) is 6.07 Å². The zero-order valence-electron chi connectivity index (χ0n) is 7.45. The van der Waals surface area contributed by atoms with Crippen LogP contribution in [0.4, 0.5) is 0 Å². The molecule has 70 valence electrons. The van der Waals surface area contributed by atoms with Crippen LogP contribution in [0, 0.1) is 0 Å². The third-order valence-corrected chi connectivity index (χ3v) is 1.74. The highest BCUT2D eigenvalue weighted by Gasteiger charge is 2.12. The molecule has 4 nitrogen and oxygen atoms in total. The van der Waals surface area contributed by atoms with Gasteiger partial charge in [-0.15, -0.1) is 0 Å². The molecule has 1 heterocycles. The molecule has 5 heteroatoms. The lowest BCUT2D eigenvalue weighted by Crippen LogP contribution is -2.33. The van der Waals surface area contributed by atoms with Crippen molar-refractivity contribution in [2.75, 3.05) is 0 Å². The van der Waals surface area contributed by atoms with Crippen LogP contribution in [-0.2, 0) is 6.42 Å². The summed E-state index contributed by atoms with van der Waals surface area (Å²) in [5, 5.41) is 17.7. The van der Waals surface area contributed by atoms with E-state index in [9.17, 15) is 4.79 Å². The Labute approximate surface area is 76.4 Å². The number of aryl methyl sites for hydroxylation is 1. The second-order valence-corrected chi connectivity index (χ2v) is 2.93. The van der Waals surface area contributed by atoms with Gasteiger partial charge in [-0.2, -0.15) is 0 Å². The molecule has 0 aliphatic carbocycles. The molecule has 1 aromatic rings. The molecule has 0 saturated carbocycles. The van der Waals surface area contributed by atoms with E-state index in [0.717, 1.165) is 18.5 Å². The van der Waals surface area contributed by atoms with Crippen molar-refractivity contribution in [1.82, 2.24) is 4.98 Å². The molecule has 1 rings (SSSR count). The molecular weight excluding hydrogens is 169 g/mol. The lowest BCUT2D eigenvalue weighted by atomic mass is 9.80. The van der Waals surface area contributed by atoms with Gasteiger partial charge in [0.25, 0.3) is 0 Å². The summed E-state index contributed by atoms with van der Waals surface area (Å²) in [6.45, 7) is 1.99. The molecule has 0 spiro atoms. The van der Waals surface area contributed by atoms with Gasteiger partial charge < -0.3 is 15.0 Å². The van der Waals surface area contributed by atoms with Gasteiger partial charge in [-0.1, -0.05) is 13.3 Å². The minimum Gasteiger partial charge on any atom is -0.423 e. The van der Waals surface area contributed by atoms with E-state index >= 15 is 0 Å². The van der Waals surface area contributed by atoms with Crippen LogP contribution in [-0.4, -0.2) is 22.2 Å². The molecule has 0 saturated heterocycles. The van der Waals surface area contributed by atoms with Crippen LogP contribution in [0.15, 0.2) is 16.9 Å². The summed E-state index contributed by atoms with van der Waals surface area (Å²) in [6.07, 6.45) is 1.64. The number of hydrogen-bond donors (Lipinski definition) is 3. The topological polar surface area (TPSA) is 73.3 Å². The Morgan fingerprint density at radius 3 is 2.69 bits per heavy atom. The Balaban J connectivity index is 3.04. The van der Waals surface area contributed by atoms with Gasteiger partial charge in [-0.3, -0.25) is 4.79 Å². The van der Waals surface area contributed by atoms with Crippen LogP contribution in [0.3, 0.4) is 0 Å². The maximum atomic E-state index is 11.0. The summed E-state index contributed by atoms with van der Waals surface area (Å²) in [5.41, 5.74) is 0.680. The van der Waals surface area contributed by atoms with Crippen LogP contribution in [0.2, 0.25) is 0 Å². The highest BCUT2D eigenvalue weighted by molar-refractivity contribution is 6.58. The average Bonchev–Trinajstić information content (AvgIpc) is 2.03. The summed E-state index contributed by atoms with van der Waals surface area (Å²) in [6, 6.07) is 2.78. The largest absolute Gasteiger partial charge is 0.488 e. The average molecular weight is 181 g/mol. The maximum Gasteiger partial charge on any atom is 0.488 e. The van der Waals surface area contributed by atoms with Gasteiger partial charge in [0, 0.05) is 11.8 Å². The van der Waals surface area contributed by atoms with E-state index in [4.69, 9.17) is 10.0 Å². The van der Waals surface area contributed by atoms with E-state index in [2.05, 4.69) is 4.98 Å². The van der Waals surface area contributed by atoms with E-state index in [-0.39, 0.29) is 11.0 Å². The molecule has 0 bridgehead atoms. The van der Waals surface area contributed by atoms with Crippen LogP contribution < -0.4 is 11.0 Å². The third-order valence-electron chi connectivity index (χ3n) is 1.74. The van der Waals surface area contributed by atoms with Crippen molar-refractivity contribution in [3.8, 4) is 0 Å². The molecule has 13 heavy (non-hydrogen) atoms. The van der Waals surface area contributed by atoms with Crippen molar-refractivity contribution in [2.24, 2.45) is 0 Å². The standard InChI is InChI=1S/C8H12BNO3/c1-2-3-7-4-6(9(12)13)5-8(11)10-7/h4-5,12-13H,2-3H2,1H3,(H,10,11). The molecular formula is C8H12BNO3. The molecule has 0 aliphatic heterocycles. The lowest BCUT2D eigenvalue weighted by molar-refractivity contribution is 0.425. The fourth-order valence-corrected chi connectivity index (χ4v) is 1.18. The van der Waals surface area contributed by atoms with Crippen LogP contribution in [0.5, 0.6) is 0 Å². The highest BCUT2D eigenvalue weighted by Crippen LogP contribution is 1.93. The summed E-state index contributed by atoms with van der Waals surface area (Å²) in [7, 11) is -1.57. The first-order valence-electron chi connectivity index (χ1n) is 4.22. The minimum absolute atomic E-state index is 0.243. The first-order chi connectivity index (χ1) is 6.13. The summed E-state index contributed by atoms with van der Waals surface area (Å²) in [5.74, 6) is 0. The monoisotopic (exact) mass is 181 g/mol. The Morgan fingerprint density at radius 2 is 2.15 bits per heavy atom. The SMILES string of the molecule is CCCc1cc(B(O)O)cc(=O)[nH]1. The number of aromatic nitrogens is 1. The molecule has 3 N–H and O–H groups in total. The zero-order valence-corrected chi connectivity index (χ0v) is 7.45. The number of nitrogens with one attached hydrogen (secondary N) is 1. The number of aromatic amines is 1. The van der Waals surface area contributed by atoms with E-state index in [0.29, 0.717) is 0 Å². The van der Waals surface area contributed by atoms with Crippen molar-refractivity contribution in [3.63, 3.8) is 0 Å². The zero-order chi connectivity index (χ0) is 9.84. The molecule has 0 radical (unpaired) electrons. The van der Waals surface area contributed by atoms with Gasteiger partial charge >= 0.3 is 7.12 Å². The Hall–Kier alpha value is -1.07. The fourth-order valence-electron chi connectivity index (χ4n) is 1.18. The molecule has 0 unspecified atom stereocenters. The second kappa shape index (κ2) is 4.25. The molecule has 1 aromatic heterocycles. The fraction of sp³-hybridized carbons (Fsp3) is 0.375. The van der Waals surface area contributed by atoms with Crippen LogP contribution in [0.25, 0.3) is 0 Å². The van der Waals surface area contributed by atoms with E-state index in [1.807, 2.05) is 6.92 Å². The number of pyridine rings is 1. The predicted octanol–water partition coefficient (Wildman–Crippen LogP) is -0.993. The van der Waals surface area contributed by atoms with Crippen molar-refractivity contribution in [1.29, 1.82) is 0 Å². The van der Waals surface area contributed by atoms with Gasteiger partial charge in [0.2, 0.25) is 5.56 Å². The van der Waals surface area contributed by atoms with Gasteiger partial charge in [0.1, 0.15) is 0 Å². The number of H-pyrrole nitrogens is 1. The Bertz CT molecular complexity index is 334. The normalized spacial score (nSPS) is 10.1. The summed E-state index contributed by atoms with van der Waals surface area (Å²) < 4.78 is 0. The molecule has 0 aliphatic rings. The molecule has 0 aromatic carbocycles. The van der Waals surface area contributed by atoms with Crippen molar-refractivity contribution >= 4 is 12.6 Å². The molecule has 0 fully saturated rings. The summed E-state index contributed by atoms with van der Waals surface area (Å²) in [4.78, 5) is 13.6. The number of hydrogen-bond acceptors (Lipinski definition) is 3. The van der Waals surface area contributed by atoms with E-state index in [1.165, 1.54) is 6.07 Å². The number of rotatable bonds is 3. The van der Waals surface area contributed by atoms with Gasteiger partial charge in [0.05, 0.1) is 0 Å². The third kappa shape index (κ3) is 2.71. The first kappa shape index (κ1) is 10.0.